The predicted molar refractivity (Wildman–Crippen MR) is 67.3 cm³/mol. The highest BCUT2D eigenvalue weighted by molar-refractivity contribution is 9.11. The molecule has 1 aliphatic rings. The number of nitrogens with one attached hydrogen (secondary N) is 1. The first-order valence-corrected chi connectivity index (χ1v) is 7.08. The average Bonchev–Trinajstić information content (AvgIpc) is 2.85. The minimum atomic E-state index is 0.512. The zero-order valence-electron chi connectivity index (χ0n) is 8.92. The van der Waals surface area contributed by atoms with Crippen LogP contribution in [0.5, 0.6) is 0 Å². The molecule has 0 spiro atoms. The molecular weight excluding hydrogens is 274 g/mol. The molecule has 1 aliphatic carbocycles. The maximum Gasteiger partial charge on any atom is 0.206 e. The van der Waals surface area contributed by atoms with Gasteiger partial charge in [-0.05, 0) is 40.6 Å². The molecule has 1 N–H and O–H groups in total. The highest BCUT2D eigenvalue weighted by Gasteiger charge is 2.31. The van der Waals surface area contributed by atoms with E-state index in [2.05, 4.69) is 38.4 Å². The Kier molecular flexibility index (Phi) is 3.61. The van der Waals surface area contributed by atoms with Gasteiger partial charge in [0.05, 0.1) is 0 Å². The van der Waals surface area contributed by atoms with E-state index in [0.717, 1.165) is 15.6 Å². The van der Waals surface area contributed by atoms with Gasteiger partial charge in [0.15, 0.2) is 3.92 Å². The summed E-state index contributed by atoms with van der Waals surface area (Å²) < 4.78 is 0.849. The number of aromatic nitrogens is 2. The van der Waals surface area contributed by atoms with Crippen LogP contribution in [0, 0.1) is 5.41 Å². The van der Waals surface area contributed by atoms with Gasteiger partial charge in [0.1, 0.15) is 0 Å². The molecule has 0 saturated heterocycles. The SMILES string of the molecule is CCC1(CNc2nnc(Br)s2)CCCC1. The summed E-state index contributed by atoms with van der Waals surface area (Å²) >= 11 is 4.88. The Balaban J connectivity index is 1.91. The normalized spacial score (nSPS) is 19.3. The number of halogens is 1. The van der Waals surface area contributed by atoms with E-state index in [0.29, 0.717) is 5.41 Å². The van der Waals surface area contributed by atoms with Gasteiger partial charge >= 0.3 is 0 Å². The van der Waals surface area contributed by atoms with Gasteiger partial charge in [0.25, 0.3) is 0 Å². The first-order chi connectivity index (χ1) is 7.24. The molecule has 0 aliphatic heterocycles. The van der Waals surface area contributed by atoms with Crippen molar-refractivity contribution in [2.45, 2.75) is 39.0 Å². The van der Waals surface area contributed by atoms with Gasteiger partial charge in [-0.15, -0.1) is 10.2 Å². The zero-order valence-corrected chi connectivity index (χ0v) is 11.3. The summed E-state index contributed by atoms with van der Waals surface area (Å²) in [6.45, 7) is 3.34. The van der Waals surface area contributed by atoms with Crippen molar-refractivity contribution in [2.24, 2.45) is 5.41 Å². The quantitative estimate of drug-likeness (QED) is 0.919. The van der Waals surface area contributed by atoms with Crippen LogP contribution in [-0.2, 0) is 0 Å². The van der Waals surface area contributed by atoms with Crippen LogP contribution in [0.15, 0.2) is 3.92 Å². The number of anilines is 1. The molecule has 15 heavy (non-hydrogen) atoms. The van der Waals surface area contributed by atoms with Crippen LogP contribution in [0.1, 0.15) is 39.0 Å². The summed E-state index contributed by atoms with van der Waals surface area (Å²) in [6, 6.07) is 0. The molecule has 1 heterocycles. The van der Waals surface area contributed by atoms with Crippen molar-refractivity contribution in [1.82, 2.24) is 10.2 Å². The Morgan fingerprint density at radius 1 is 1.40 bits per heavy atom. The van der Waals surface area contributed by atoms with Crippen LogP contribution in [0.2, 0.25) is 0 Å². The fraction of sp³-hybridized carbons (Fsp3) is 0.800. The van der Waals surface area contributed by atoms with E-state index in [4.69, 9.17) is 0 Å². The fourth-order valence-corrected chi connectivity index (χ4v) is 3.33. The standard InChI is InChI=1S/C10H16BrN3S/c1-2-10(5-3-4-6-10)7-12-9-14-13-8(11)15-9/h2-7H2,1H3,(H,12,14). The van der Waals surface area contributed by atoms with Crippen molar-refractivity contribution < 1.29 is 0 Å². The van der Waals surface area contributed by atoms with Crippen molar-refractivity contribution in [3.8, 4) is 0 Å². The Labute approximate surface area is 103 Å². The van der Waals surface area contributed by atoms with Gasteiger partial charge < -0.3 is 5.32 Å². The van der Waals surface area contributed by atoms with Gasteiger partial charge in [-0.3, -0.25) is 0 Å². The van der Waals surface area contributed by atoms with E-state index >= 15 is 0 Å². The van der Waals surface area contributed by atoms with Gasteiger partial charge in [-0.1, -0.05) is 31.1 Å². The molecule has 0 atom stereocenters. The summed E-state index contributed by atoms with van der Waals surface area (Å²) in [5.41, 5.74) is 0.512. The van der Waals surface area contributed by atoms with Gasteiger partial charge in [0, 0.05) is 6.54 Å². The molecule has 0 amide bonds. The van der Waals surface area contributed by atoms with Gasteiger partial charge in [-0.25, -0.2) is 0 Å². The second kappa shape index (κ2) is 4.78. The molecule has 1 fully saturated rings. The van der Waals surface area contributed by atoms with E-state index in [1.807, 2.05) is 0 Å². The first-order valence-electron chi connectivity index (χ1n) is 5.47. The molecule has 1 saturated carbocycles. The molecule has 0 unspecified atom stereocenters. The summed E-state index contributed by atoms with van der Waals surface area (Å²) in [7, 11) is 0. The Hall–Kier alpha value is -0.160. The molecule has 2 rings (SSSR count). The van der Waals surface area contributed by atoms with Crippen LogP contribution in [0.3, 0.4) is 0 Å². The molecule has 84 valence electrons. The lowest BCUT2D eigenvalue weighted by Gasteiger charge is -2.27. The minimum Gasteiger partial charge on any atom is -0.360 e. The summed E-state index contributed by atoms with van der Waals surface area (Å²) in [5, 5.41) is 12.3. The zero-order chi connectivity index (χ0) is 10.7. The number of rotatable bonds is 4. The van der Waals surface area contributed by atoms with Crippen LogP contribution in [0.25, 0.3) is 0 Å². The maximum absolute atomic E-state index is 4.05. The monoisotopic (exact) mass is 289 g/mol. The topological polar surface area (TPSA) is 37.8 Å². The fourth-order valence-electron chi connectivity index (χ4n) is 2.32. The van der Waals surface area contributed by atoms with Crippen LogP contribution < -0.4 is 5.32 Å². The molecule has 1 aromatic rings. The lowest BCUT2D eigenvalue weighted by atomic mass is 9.83. The van der Waals surface area contributed by atoms with Gasteiger partial charge in [-0.2, -0.15) is 0 Å². The molecule has 0 radical (unpaired) electrons. The van der Waals surface area contributed by atoms with Crippen molar-refractivity contribution in [1.29, 1.82) is 0 Å². The molecule has 1 aromatic heterocycles. The van der Waals surface area contributed by atoms with E-state index in [1.165, 1.54) is 32.1 Å². The van der Waals surface area contributed by atoms with Crippen molar-refractivity contribution in [2.75, 3.05) is 11.9 Å². The Bertz CT molecular complexity index is 320. The molecule has 0 bridgehead atoms. The van der Waals surface area contributed by atoms with Crippen LogP contribution >= 0.6 is 27.3 Å². The number of hydrogen-bond donors (Lipinski definition) is 1. The third-order valence-electron chi connectivity index (χ3n) is 3.43. The van der Waals surface area contributed by atoms with Crippen LogP contribution in [-0.4, -0.2) is 16.7 Å². The summed E-state index contributed by atoms with van der Waals surface area (Å²) in [6.07, 6.45) is 6.75. The predicted octanol–water partition coefficient (Wildman–Crippen LogP) is 3.68. The highest BCUT2D eigenvalue weighted by atomic mass is 79.9. The summed E-state index contributed by atoms with van der Waals surface area (Å²) in [4.78, 5) is 0. The lowest BCUT2D eigenvalue weighted by molar-refractivity contribution is 0.306. The van der Waals surface area contributed by atoms with Crippen molar-refractivity contribution in [3.05, 3.63) is 3.92 Å². The van der Waals surface area contributed by atoms with Gasteiger partial charge in [0.2, 0.25) is 5.13 Å². The Morgan fingerprint density at radius 3 is 2.67 bits per heavy atom. The molecular formula is C10H16BrN3S. The largest absolute Gasteiger partial charge is 0.360 e. The van der Waals surface area contributed by atoms with E-state index in [-0.39, 0.29) is 0 Å². The minimum absolute atomic E-state index is 0.512. The summed E-state index contributed by atoms with van der Waals surface area (Å²) in [5.74, 6) is 0. The van der Waals surface area contributed by atoms with Crippen molar-refractivity contribution in [3.63, 3.8) is 0 Å². The van der Waals surface area contributed by atoms with E-state index in [1.54, 1.807) is 11.3 Å². The third-order valence-corrected chi connectivity index (χ3v) is 4.74. The average molecular weight is 290 g/mol. The Morgan fingerprint density at radius 2 is 2.13 bits per heavy atom. The number of hydrogen-bond acceptors (Lipinski definition) is 4. The smallest absolute Gasteiger partial charge is 0.206 e. The van der Waals surface area contributed by atoms with Crippen LogP contribution in [0.4, 0.5) is 5.13 Å². The third kappa shape index (κ3) is 2.69. The number of nitrogens with zero attached hydrogens (tertiary/aromatic N) is 2. The molecule has 0 aromatic carbocycles. The highest BCUT2D eigenvalue weighted by Crippen LogP contribution is 2.41. The first kappa shape index (κ1) is 11.3. The van der Waals surface area contributed by atoms with E-state index < -0.39 is 0 Å². The second-order valence-electron chi connectivity index (χ2n) is 4.27. The van der Waals surface area contributed by atoms with E-state index in [9.17, 15) is 0 Å². The second-order valence-corrected chi connectivity index (χ2v) is 6.53. The molecule has 3 nitrogen and oxygen atoms in total. The molecule has 5 heteroatoms. The lowest BCUT2D eigenvalue weighted by Crippen LogP contribution is -2.25. The maximum atomic E-state index is 4.05. The van der Waals surface area contributed by atoms with Crippen molar-refractivity contribution >= 4 is 32.4 Å².